The van der Waals surface area contributed by atoms with Gasteiger partial charge < -0.3 is 4.90 Å². The van der Waals surface area contributed by atoms with Crippen LogP contribution in [-0.2, 0) is 5.41 Å². The highest BCUT2D eigenvalue weighted by Crippen LogP contribution is 2.56. The molecule has 1 amide bonds. The smallest absolute Gasteiger partial charge is 0.277 e. The normalized spacial score (nSPS) is 17.5. The van der Waals surface area contributed by atoms with E-state index in [1.165, 1.54) is 18.4 Å². The Hall–Kier alpha value is -1.98. The number of thiazole rings is 1. The Morgan fingerprint density at radius 1 is 1.13 bits per heavy atom. The molecule has 114 valence electrons. The summed E-state index contributed by atoms with van der Waals surface area (Å²) in [6.45, 7) is 0.803. The van der Waals surface area contributed by atoms with E-state index in [-0.39, 0.29) is 11.3 Å². The number of anilines is 1. The summed E-state index contributed by atoms with van der Waals surface area (Å²) < 4.78 is 0. The maximum absolute atomic E-state index is 13.0. The van der Waals surface area contributed by atoms with Gasteiger partial charge in [-0.25, -0.2) is 4.98 Å². The Labute approximate surface area is 142 Å². The van der Waals surface area contributed by atoms with Crippen molar-refractivity contribution in [2.24, 2.45) is 0 Å². The van der Waals surface area contributed by atoms with Crippen LogP contribution >= 0.6 is 22.7 Å². The summed E-state index contributed by atoms with van der Waals surface area (Å²) >= 11 is 3.20. The molecule has 5 heteroatoms. The topological polar surface area (TPSA) is 33.2 Å². The Morgan fingerprint density at radius 3 is 2.78 bits per heavy atom. The number of amides is 1. The number of carbonyl (C=O) groups is 1. The van der Waals surface area contributed by atoms with Crippen molar-refractivity contribution in [2.45, 2.75) is 18.3 Å². The van der Waals surface area contributed by atoms with Crippen LogP contribution in [0, 0.1) is 0 Å². The van der Waals surface area contributed by atoms with E-state index in [9.17, 15) is 4.79 Å². The molecule has 3 heterocycles. The predicted octanol–water partition coefficient (Wildman–Crippen LogP) is 4.56. The summed E-state index contributed by atoms with van der Waals surface area (Å²) in [5, 5.41) is 4.85. The van der Waals surface area contributed by atoms with Gasteiger partial charge in [-0.1, -0.05) is 24.3 Å². The second-order valence-corrected chi connectivity index (χ2v) is 8.01. The lowest BCUT2D eigenvalue weighted by atomic mass is 9.99. The molecule has 1 aliphatic carbocycles. The van der Waals surface area contributed by atoms with Crippen LogP contribution in [0.15, 0.2) is 47.2 Å². The highest BCUT2D eigenvalue weighted by atomic mass is 32.1. The number of thiophene rings is 1. The number of benzene rings is 1. The van der Waals surface area contributed by atoms with Gasteiger partial charge >= 0.3 is 0 Å². The lowest BCUT2D eigenvalue weighted by Gasteiger charge is -2.16. The van der Waals surface area contributed by atoms with Gasteiger partial charge in [0.05, 0.1) is 4.88 Å². The molecule has 1 spiro atoms. The molecule has 5 rings (SSSR count). The van der Waals surface area contributed by atoms with E-state index in [0.29, 0.717) is 5.69 Å². The number of rotatable bonds is 2. The average Bonchev–Trinajstić information content (AvgIpc) is 3.01. The molecule has 0 bridgehead atoms. The molecule has 0 saturated heterocycles. The second kappa shape index (κ2) is 4.76. The van der Waals surface area contributed by atoms with Gasteiger partial charge in [0.1, 0.15) is 10.7 Å². The van der Waals surface area contributed by atoms with Crippen molar-refractivity contribution in [1.82, 2.24) is 4.98 Å². The molecule has 23 heavy (non-hydrogen) atoms. The van der Waals surface area contributed by atoms with Crippen molar-refractivity contribution in [1.29, 1.82) is 0 Å². The molecular formula is C18H14N2OS2. The first kappa shape index (κ1) is 13.5. The lowest BCUT2D eigenvalue weighted by Crippen LogP contribution is -2.31. The molecule has 2 aliphatic rings. The third-order valence-corrected chi connectivity index (χ3v) is 6.66. The van der Waals surface area contributed by atoms with Crippen LogP contribution < -0.4 is 4.90 Å². The standard InChI is InChI=1S/C18H14N2OS2/c21-17(13-10-23-16(19-13)15-6-3-9-22-15)20-11-18(7-8-18)12-4-1-2-5-14(12)20/h1-6,9-10H,7-8,11H2. The number of para-hydroxylation sites is 1. The highest BCUT2D eigenvalue weighted by Gasteiger charge is 2.53. The maximum Gasteiger partial charge on any atom is 0.277 e. The number of nitrogens with zero attached hydrogens (tertiary/aromatic N) is 2. The van der Waals surface area contributed by atoms with E-state index >= 15 is 0 Å². The largest absolute Gasteiger partial charge is 0.306 e. The molecule has 1 fully saturated rings. The lowest BCUT2D eigenvalue weighted by molar-refractivity contribution is 0.0983. The van der Waals surface area contributed by atoms with E-state index in [4.69, 9.17) is 0 Å². The van der Waals surface area contributed by atoms with Gasteiger partial charge in [0.25, 0.3) is 5.91 Å². The fourth-order valence-electron chi connectivity index (χ4n) is 3.41. The summed E-state index contributed by atoms with van der Waals surface area (Å²) in [6, 6.07) is 12.4. The van der Waals surface area contributed by atoms with E-state index in [1.807, 2.05) is 33.9 Å². The molecule has 0 atom stereocenters. The first-order valence-corrected chi connectivity index (χ1v) is 9.44. The first-order valence-electron chi connectivity index (χ1n) is 7.68. The monoisotopic (exact) mass is 338 g/mol. The maximum atomic E-state index is 13.0. The van der Waals surface area contributed by atoms with Crippen LogP contribution in [0.2, 0.25) is 0 Å². The zero-order valence-corrected chi connectivity index (χ0v) is 14.0. The Balaban J connectivity index is 1.50. The van der Waals surface area contributed by atoms with Crippen molar-refractivity contribution < 1.29 is 4.79 Å². The molecule has 0 N–H and O–H groups in total. The molecular weight excluding hydrogens is 324 g/mol. The Kier molecular flexibility index (Phi) is 2.78. The van der Waals surface area contributed by atoms with Crippen molar-refractivity contribution in [2.75, 3.05) is 11.4 Å². The van der Waals surface area contributed by atoms with Crippen LogP contribution in [0.3, 0.4) is 0 Å². The van der Waals surface area contributed by atoms with Crippen LogP contribution in [0.4, 0.5) is 5.69 Å². The van der Waals surface area contributed by atoms with Crippen LogP contribution in [0.25, 0.3) is 9.88 Å². The molecule has 2 aromatic heterocycles. The molecule has 3 aromatic rings. The minimum atomic E-state index is 0.0280. The minimum absolute atomic E-state index is 0.0280. The van der Waals surface area contributed by atoms with E-state index in [2.05, 4.69) is 23.2 Å². The predicted molar refractivity (Wildman–Crippen MR) is 94.5 cm³/mol. The van der Waals surface area contributed by atoms with Crippen LogP contribution in [-0.4, -0.2) is 17.4 Å². The molecule has 1 aromatic carbocycles. The van der Waals surface area contributed by atoms with Crippen molar-refractivity contribution in [3.63, 3.8) is 0 Å². The zero-order valence-electron chi connectivity index (χ0n) is 12.4. The first-order chi connectivity index (χ1) is 11.3. The summed E-state index contributed by atoms with van der Waals surface area (Å²) in [5.41, 5.74) is 3.19. The molecule has 0 radical (unpaired) electrons. The third-order valence-electron chi connectivity index (χ3n) is 4.78. The number of hydrogen-bond donors (Lipinski definition) is 0. The summed E-state index contributed by atoms with van der Waals surface area (Å²) in [5.74, 6) is 0.0280. The van der Waals surface area contributed by atoms with E-state index in [0.717, 1.165) is 22.1 Å². The molecule has 3 nitrogen and oxygen atoms in total. The van der Waals surface area contributed by atoms with Gasteiger partial charge in [0.2, 0.25) is 0 Å². The third kappa shape index (κ3) is 2.00. The summed E-state index contributed by atoms with van der Waals surface area (Å²) in [6.07, 6.45) is 2.37. The number of hydrogen-bond acceptors (Lipinski definition) is 4. The molecule has 1 saturated carbocycles. The second-order valence-electron chi connectivity index (χ2n) is 6.20. The van der Waals surface area contributed by atoms with Crippen molar-refractivity contribution in [3.05, 3.63) is 58.4 Å². The average molecular weight is 338 g/mol. The fraction of sp³-hybridized carbons (Fsp3) is 0.222. The molecule has 1 aliphatic heterocycles. The van der Waals surface area contributed by atoms with Crippen LogP contribution in [0.1, 0.15) is 28.9 Å². The summed E-state index contributed by atoms with van der Waals surface area (Å²) in [4.78, 5) is 20.6. The SMILES string of the molecule is O=C(c1csc(-c2cccs2)n1)N1CC2(CC2)c2ccccc21. The Bertz CT molecular complexity index is 893. The molecule has 0 unspecified atom stereocenters. The van der Waals surface area contributed by atoms with E-state index < -0.39 is 0 Å². The zero-order chi connectivity index (χ0) is 15.4. The van der Waals surface area contributed by atoms with Gasteiger partial charge in [0.15, 0.2) is 0 Å². The van der Waals surface area contributed by atoms with Gasteiger partial charge in [-0.3, -0.25) is 4.79 Å². The Morgan fingerprint density at radius 2 is 2.00 bits per heavy atom. The van der Waals surface area contributed by atoms with E-state index in [1.54, 1.807) is 22.7 Å². The van der Waals surface area contributed by atoms with Crippen LogP contribution in [0.5, 0.6) is 0 Å². The fourth-order valence-corrected chi connectivity index (χ4v) is 5.02. The number of fused-ring (bicyclic) bond motifs is 2. The van der Waals surface area contributed by atoms with Gasteiger partial charge in [-0.15, -0.1) is 22.7 Å². The summed E-state index contributed by atoms with van der Waals surface area (Å²) in [7, 11) is 0. The highest BCUT2D eigenvalue weighted by molar-refractivity contribution is 7.20. The minimum Gasteiger partial charge on any atom is -0.306 e. The van der Waals surface area contributed by atoms with Gasteiger partial charge in [0, 0.05) is 23.0 Å². The van der Waals surface area contributed by atoms with Gasteiger partial charge in [-0.05, 0) is 35.9 Å². The van der Waals surface area contributed by atoms with Crippen molar-refractivity contribution in [3.8, 4) is 9.88 Å². The van der Waals surface area contributed by atoms with Crippen molar-refractivity contribution >= 4 is 34.3 Å². The number of aromatic nitrogens is 1. The quantitative estimate of drug-likeness (QED) is 0.686. The van der Waals surface area contributed by atoms with Gasteiger partial charge in [-0.2, -0.15) is 0 Å². The number of carbonyl (C=O) groups excluding carboxylic acids is 1.